The van der Waals surface area contributed by atoms with Crippen molar-refractivity contribution in [3.8, 4) is 0 Å². The minimum absolute atomic E-state index is 0.0728. The van der Waals surface area contributed by atoms with Crippen LogP contribution in [-0.2, 0) is 19.1 Å². The summed E-state index contributed by atoms with van der Waals surface area (Å²) in [6, 6.07) is -0.911. The van der Waals surface area contributed by atoms with E-state index in [0.29, 0.717) is 6.54 Å². The summed E-state index contributed by atoms with van der Waals surface area (Å²) >= 11 is 0. The van der Waals surface area contributed by atoms with Gasteiger partial charge in [0, 0.05) is 6.54 Å². The Labute approximate surface area is 225 Å². The van der Waals surface area contributed by atoms with Crippen LogP contribution in [0.3, 0.4) is 0 Å². The van der Waals surface area contributed by atoms with E-state index in [0.717, 1.165) is 25.9 Å². The Hall–Kier alpha value is -1.67. The van der Waals surface area contributed by atoms with E-state index < -0.39 is 18.1 Å². The highest BCUT2D eigenvalue weighted by Gasteiger charge is 2.28. The molecule has 1 aliphatic heterocycles. The number of hydrogen-bond acceptors (Lipinski definition) is 6. The fourth-order valence-corrected chi connectivity index (χ4v) is 4.74. The van der Waals surface area contributed by atoms with Crippen LogP contribution in [-0.4, -0.2) is 72.7 Å². The number of rotatable bonds is 24. The van der Waals surface area contributed by atoms with Crippen molar-refractivity contribution in [1.29, 1.82) is 0 Å². The van der Waals surface area contributed by atoms with Crippen LogP contribution >= 0.6 is 0 Å². The first kappa shape index (κ1) is 33.4. The first-order chi connectivity index (χ1) is 18.0. The molecule has 3 N–H and O–H groups in total. The van der Waals surface area contributed by atoms with Crippen LogP contribution in [0.1, 0.15) is 123 Å². The maximum Gasteiger partial charge on any atom is 0.308 e. The third kappa shape index (κ3) is 18.3. The lowest BCUT2D eigenvalue weighted by atomic mass is 10.1. The molecule has 37 heavy (non-hydrogen) atoms. The largest absolute Gasteiger partial charge is 0.463 e. The van der Waals surface area contributed by atoms with Crippen molar-refractivity contribution in [2.45, 2.75) is 135 Å². The molecule has 0 saturated carbocycles. The van der Waals surface area contributed by atoms with Crippen LogP contribution in [0.25, 0.3) is 0 Å². The molecular formula is C29H55N3O5. The summed E-state index contributed by atoms with van der Waals surface area (Å²) in [5.41, 5.74) is 0. The number of amides is 2. The Morgan fingerprint density at radius 3 is 1.86 bits per heavy atom. The molecule has 216 valence electrons. The average molecular weight is 526 g/mol. The predicted octanol–water partition coefficient (Wildman–Crippen LogP) is 4.48. The minimum Gasteiger partial charge on any atom is -0.463 e. The summed E-state index contributed by atoms with van der Waals surface area (Å²) in [5.74, 6) is -1.31. The molecule has 0 spiro atoms. The van der Waals surface area contributed by atoms with Crippen LogP contribution in [0.4, 0.5) is 0 Å². The second-order valence-electron chi connectivity index (χ2n) is 10.6. The van der Waals surface area contributed by atoms with Gasteiger partial charge in [0.1, 0.15) is 18.8 Å². The normalized spacial score (nSPS) is 16.5. The van der Waals surface area contributed by atoms with Crippen molar-refractivity contribution >= 4 is 17.8 Å². The van der Waals surface area contributed by atoms with Crippen LogP contribution < -0.4 is 10.6 Å². The SMILES string of the molecule is CCCCCCCCCCN(CCCCCCCCCC)C[C@H](O)COC(=O)C[C@@H]1NC(=O)CNC1=O. The lowest BCUT2D eigenvalue weighted by Gasteiger charge is -2.25. The molecule has 0 aromatic heterocycles. The Balaban J connectivity index is 2.33. The van der Waals surface area contributed by atoms with Crippen LogP contribution in [0, 0.1) is 0 Å². The first-order valence-corrected chi connectivity index (χ1v) is 15.1. The molecule has 2 atom stereocenters. The highest BCUT2D eigenvalue weighted by atomic mass is 16.5. The van der Waals surface area contributed by atoms with Crippen LogP contribution in [0.2, 0.25) is 0 Å². The van der Waals surface area contributed by atoms with Crippen molar-refractivity contribution in [3.63, 3.8) is 0 Å². The second kappa shape index (κ2) is 22.3. The molecule has 8 heteroatoms. The van der Waals surface area contributed by atoms with Gasteiger partial charge in [-0.2, -0.15) is 0 Å². The standard InChI is InChI=1S/C29H55N3O5/c1-3-5-7-9-11-13-15-17-19-32(20-18-16-14-12-10-8-6-4-2)23-25(33)24-37-28(35)21-26-29(36)30-22-27(34)31-26/h25-26,33H,3-24H2,1-2H3,(H,30,36)(H,31,34)/t25-,26-/m0/s1. The lowest BCUT2D eigenvalue weighted by Crippen LogP contribution is -2.56. The third-order valence-corrected chi connectivity index (χ3v) is 7.01. The topological polar surface area (TPSA) is 108 Å². The van der Waals surface area contributed by atoms with Gasteiger partial charge in [-0.05, 0) is 25.9 Å². The van der Waals surface area contributed by atoms with Gasteiger partial charge in [0.25, 0.3) is 0 Å². The van der Waals surface area contributed by atoms with E-state index in [1.54, 1.807) is 0 Å². The average Bonchev–Trinajstić information content (AvgIpc) is 2.88. The fraction of sp³-hybridized carbons (Fsp3) is 0.897. The van der Waals surface area contributed by atoms with Gasteiger partial charge in [0.05, 0.1) is 13.0 Å². The van der Waals surface area contributed by atoms with Crippen molar-refractivity contribution in [2.24, 2.45) is 0 Å². The monoisotopic (exact) mass is 525 g/mol. The number of aliphatic hydroxyl groups is 1. The number of piperazine rings is 1. The molecule has 0 aromatic rings. The summed E-state index contributed by atoms with van der Waals surface area (Å²) in [7, 11) is 0. The molecule has 0 aliphatic carbocycles. The number of carbonyl (C=O) groups is 3. The molecule has 0 bridgehead atoms. The van der Waals surface area contributed by atoms with E-state index >= 15 is 0 Å². The number of ether oxygens (including phenoxy) is 1. The molecule has 0 unspecified atom stereocenters. The molecule has 1 rings (SSSR count). The molecule has 0 aromatic carbocycles. The van der Waals surface area contributed by atoms with E-state index in [1.165, 1.54) is 89.9 Å². The van der Waals surface area contributed by atoms with Gasteiger partial charge >= 0.3 is 5.97 Å². The van der Waals surface area contributed by atoms with Crippen molar-refractivity contribution in [3.05, 3.63) is 0 Å². The van der Waals surface area contributed by atoms with Gasteiger partial charge in [-0.3, -0.25) is 14.4 Å². The third-order valence-electron chi connectivity index (χ3n) is 7.01. The quantitative estimate of drug-likeness (QED) is 0.127. The van der Waals surface area contributed by atoms with E-state index in [4.69, 9.17) is 4.74 Å². The number of hydrogen-bond donors (Lipinski definition) is 3. The second-order valence-corrected chi connectivity index (χ2v) is 10.6. The van der Waals surface area contributed by atoms with Gasteiger partial charge in [0.2, 0.25) is 11.8 Å². The molecule has 8 nitrogen and oxygen atoms in total. The summed E-state index contributed by atoms with van der Waals surface area (Å²) in [4.78, 5) is 37.7. The molecule has 1 aliphatic rings. The van der Waals surface area contributed by atoms with Gasteiger partial charge in [-0.15, -0.1) is 0 Å². The Bertz CT molecular complexity index is 596. The smallest absolute Gasteiger partial charge is 0.308 e. The molecular weight excluding hydrogens is 470 g/mol. The lowest BCUT2D eigenvalue weighted by molar-refractivity contribution is -0.149. The zero-order valence-corrected chi connectivity index (χ0v) is 23.7. The molecule has 1 fully saturated rings. The number of esters is 1. The number of aliphatic hydroxyl groups excluding tert-OH is 1. The zero-order valence-electron chi connectivity index (χ0n) is 23.7. The number of nitrogens with one attached hydrogen (secondary N) is 2. The number of unbranched alkanes of at least 4 members (excludes halogenated alkanes) is 14. The Morgan fingerprint density at radius 1 is 0.865 bits per heavy atom. The van der Waals surface area contributed by atoms with Crippen LogP contribution in [0.5, 0.6) is 0 Å². The molecule has 1 saturated heterocycles. The minimum atomic E-state index is -0.911. The van der Waals surface area contributed by atoms with E-state index in [9.17, 15) is 19.5 Å². The summed E-state index contributed by atoms with van der Waals surface area (Å²) < 4.78 is 5.22. The highest BCUT2D eigenvalue weighted by molar-refractivity contribution is 5.96. The van der Waals surface area contributed by atoms with Crippen molar-refractivity contribution in [1.82, 2.24) is 15.5 Å². The molecule has 0 radical (unpaired) electrons. The fourth-order valence-electron chi connectivity index (χ4n) is 4.74. The summed E-state index contributed by atoms with van der Waals surface area (Å²) in [5, 5.41) is 15.5. The number of carbonyl (C=O) groups excluding carboxylic acids is 3. The summed E-state index contributed by atoms with van der Waals surface area (Å²) in [6.45, 7) is 6.68. The first-order valence-electron chi connectivity index (χ1n) is 15.1. The Morgan fingerprint density at radius 2 is 1.35 bits per heavy atom. The zero-order chi connectivity index (χ0) is 27.1. The maximum atomic E-state index is 12.2. The van der Waals surface area contributed by atoms with Crippen molar-refractivity contribution < 1.29 is 24.2 Å². The predicted molar refractivity (Wildman–Crippen MR) is 148 cm³/mol. The highest BCUT2D eigenvalue weighted by Crippen LogP contribution is 2.12. The molecule has 2 amide bonds. The van der Waals surface area contributed by atoms with Gasteiger partial charge in [-0.25, -0.2) is 0 Å². The number of nitrogens with zero attached hydrogens (tertiary/aromatic N) is 1. The van der Waals surface area contributed by atoms with Crippen molar-refractivity contribution in [2.75, 3.05) is 32.8 Å². The maximum absolute atomic E-state index is 12.2. The van der Waals surface area contributed by atoms with E-state index in [1.807, 2.05) is 0 Å². The van der Waals surface area contributed by atoms with Gasteiger partial charge in [0.15, 0.2) is 0 Å². The van der Waals surface area contributed by atoms with E-state index in [2.05, 4.69) is 29.4 Å². The Kier molecular flexibility index (Phi) is 20.1. The van der Waals surface area contributed by atoms with Gasteiger partial charge in [-0.1, -0.05) is 104 Å². The van der Waals surface area contributed by atoms with E-state index in [-0.39, 0.29) is 31.4 Å². The van der Waals surface area contributed by atoms with Crippen LogP contribution in [0.15, 0.2) is 0 Å². The van der Waals surface area contributed by atoms with Gasteiger partial charge < -0.3 is 25.4 Å². The summed E-state index contributed by atoms with van der Waals surface area (Å²) in [6.07, 6.45) is 19.3. The molecule has 1 heterocycles.